The number of carbonyl (C=O) groups excluding carboxylic acids is 1. The average molecular weight is 266 g/mol. The van der Waals surface area contributed by atoms with Crippen molar-refractivity contribution in [2.45, 2.75) is 25.8 Å². The summed E-state index contributed by atoms with van der Waals surface area (Å²) in [6.07, 6.45) is 6.04. The van der Waals surface area contributed by atoms with E-state index in [0.717, 1.165) is 19.5 Å². The molecule has 19 heavy (non-hydrogen) atoms. The van der Waals surface area contributed by atoms with Gasteiger partial charge in [0.05, 0.1) is 6.61 Å². The standard InChI is InChI=1S/C14H22N2O3/c1-3-18-14(17)12-7-5-9-16(2)13(12)19-10-11-6-4-8-15-11/h5,7,11,15H,3-4,6,8-10H2,1-2H3/t11-/m1/s1. The van der Waals surface area contributed by atoms with Gasteiger partial charge in [0.15, 0.2) is 0 Å². The first kappa shape index (κ1) is 13.9. The molecule has 0 aromatic rings. The lowest BCUT2D eigenvalue weighted by Crippen LogP contribution is -2.32. The second-order valence-corrected chi connectivity index (χ2v) is 4.83. The van der Waals surface area contributed by atoms with Gasteiger partial charge in [0.1, 0.15) is 12.2 Å². The minimum absolute atomic E-state index is 0.320. The van der Waals surface area contributed by atoms with Gasteiger partial charge in [-0.15, -0.1) is 0 Å². The Kier molecular flexibility index (Phi) is 4.85. The molecule has 106 valence electrons. The first-order valence-corrected chi connectivity index (χ1v) is 6.87. The molecule has 0 spiro atoms. The average Bonchev–Trinajstić information content (AvgIpc) is 2.90. The summed E-state index contributed by atoms with van der Waals surface area (Å²) in [5.74, 6) is 0.300. The fraction of sp³-hybridized carbons (Fsp3) is 0.643. The molecule has 1 N–H and O–H groups in total. The third-order valence-electron chi connectivity index (χ3n) is 3.32. The topological polar surface area (TPSA) is 50.8 Å². The van der Waals surface area contributed by atoms with E-state index in [1.54, 1.807) is 13.0 Å². The van der Waals surface area contributed by atoms with Gasteiger partial charge in [-0.1, -0.05) is 6.08 Å². The lowest BCUT2D eigenvalue weighted by molar-refractivity contribution is -0.138. The number of hydrogen-bond acceptors (Lipinski definition) is 5. The number of hydrogen-bond donors (Lipinski definition) is 1. The van der Waals surface area contributed by atoms with E-state index in [-0.39, 0.29) is 5.97 Å². The maximum atomic E-state index is 11.9. The molecule has 0 bridgehead atoms. The van der Waals surface area contributed by atoms with Crippen molar-refractivity contribution in [1.82, 2.24) is 10.2 Å². The molecule has 0 aromatic heterocycles. The summed E-state index contributed by atoms with van der Waals surface area (Å²) in [4.78, 5) is 13.8. The summed E-state index contributed by atoms with van der Waals surface area (Å²) >= 11 is 0. The third-order valence-corrected chi connectivity index (χ3v) is 3.32. The van der Waals surface area contributed by atoms with E-state index in [9.17, 15) is 4.79 Å². The van der Waals surface area contributed by atoms with Crippen molar-refractivity contribution < 1.29 is 14.3 Å². The minimum Gasteiger partial charge on any atom is -0.477 e. The predicted molar refractivity (Wildman–Crippen MR) is 72.4 cm³/mol. The predicted octanol–water partition coefficient (Wildman–Crippen LogP) is 1.03. The molecule has 2 aliphatic rings. The van der Waals surface area contributed by atoms with Crippen LogP contribution in [0.2, 0.25) is 0 Å². The quantitative estimate of drug-likeness (QED) is 0.753. The lowest BCUT2D eigenvalue weighted by atomic mass is 10.2. The van der Waals surface area contributed by atoms with E-state index in [1.165, 1.54) is 6.42 Å². The first-order chi connectivity index (χ1) is 9.22. The third kappa shape index (κ3) is 3.50. The Morgan fingerprint density at radius 3 is 3.11 bits per heavy atom. The normalized spacial score (nSPS) is 22.8. The van der Waals surface area contributed by atoms with Crippen LogP contribution in [0, 0.1) is 0 Å². The summed E-state index contributed by atoms with van der Waals surface area (Å²) in [7, 11) is 1.92. The Balaban J connectivity index is 2.04. The summed E-state index contributed by atoms with van der Waals surface area (Å²) in [6, 6.07) is 0.384. The highest BCUT2D eigenvalue weighted by atomic mass is 16.5. The highest BCUT2D eigenvalue weighted by Crippen LogP contribution is 2.19. The van der Waals surface area contributed by atoms with Gasteiger partial charge in [-0.3, -0.25) is 0 Å². The lowest BCUT2D eigenvalue weighted by Gasteiger charge is -2.27. The highest BCUT2D eigenvalue weighted by Gasteiger charge is 2.23. The Morgan fingerprint density at radius 2 is 2.42 bits per heavy atom. The maximum absolute atomic E-state index is 11.9. The number of esters is 1. The summed E-state index contributed by atoms with van der Waals surface area (Å²) in [5.41, 5.74) is 0.508. The number of rotatable bonds is 5. The van der Waals surface area contributed by atoms with Crippen LogP contribution in [0.25, 0.3) is 0 Å². The van der Waals surface area contributed by atoms with Crippen LogP contribution in [0.5, 0.6) is 0 Å². The number of nitrogens with one attached hydrogen (secondary N) is 1. The fourth-order valence-electron chi connectivity index (χ4n) is 2.32. The molecule has 5 nitrogen and oxygen atoms in total. The van der Waals surface area contributed by atoms with E-state index < -0.39 is 0 Å². The van der Waals surface area contributed by atoms with Gasteiger partial charge in [-0.05, 0) is 32.4 Å². The fourth-order valence-corrected chi connectivity index (χ4v) is 2.32. The molecular formula is C14H22N2O3. The van der Waals surface area contributed by atoms with Gasteiger partial charge in [-0.25, -0.2) is 4.79 Å². The molecule has 2 aliphatic heterocycles. The Morgan fingerprint density at radius 1 is 1.58 bits per heavy atom. The molecular weight excluding hydrogens is 244 g/mol. The van der Waals surface area contributed by atoms with E-state index in [2.05, 4.69) is 5.32 Å². The summed E-state index contributed by atoms with van der Waals surface area (Å²) in [5, 5.41) is 3.38. The number of ether oxygens (including phenoxy) is 2. The second kappa shape index (κ2) is 6.61. The molecule has 0 aliphatic carbocycles. The molecule has 2 heterocycles. The van der Waals surface area contributed by atoms with Crippen LogP contribution in [0.3, 0.4) is 0 Å². The minimum atomic E-state index is -0.320. The van der Waals surface area contributed by atoms with Crippen molar-refractivity contribution in [2.24, 2.45) is 0 Å². The van der Waals surface area contributed by atoms with E-state index in [0.29, 0.717) is 30.7 Å². The largest absolute Gasteiger partial charge is 0.477 e. The number of carbonyl (C=O) groups is 1. The number of nitrogens with zero attached hydrogens (tertiary/aromatic N) is 1. The smallest absolute Gasteiger partial charge is 0.343 e. The molecule has 0 saturated carbocycles. The van der Waals surface area contributed by atoms with Gasteiger partial charge in [0, 0.05) is 19.6 Å². The Labute approximate surface area is 114 Å². The second-order valence-electron chi connectivity index (χ2n) is 4.83. The zero-order chi connectivity index (χ0) is 13.7. The molecule has 0 amide bonds. The maximum Gasteiger partial charge on any atom is 0.343 e. The molecule has 1 atom stereocenters. The highest BCUT2D eigenvalue weighted by molar-refractivity contribution is 5.92. The number of likely N-dealkylation sites (N-methyl/N-ethyl adjacent to an activating group) is 1. The van der Waals surface area contributed by atoms with Crippen LogP contribution >= 0.6 is 0 Å². The van der Waals surface area contributed by atoms with Crippen molar-refractivity contribution >= 4 is 5.97 Å². The van der Waals surface area contributed by atoms with Crippen LogP contribution < -0.4 is 5.32 Å². The van der Waals surface area contributed by atoms with E-state index in [4.69, 9.17) is 9.47 Å². The summed E-state index contributed by atoms with van der Waals surface area (Å²) in [6.45, 7) is 4.56. The van der Waals surface area contributed by atoms with Crippen molar-refractivity contribution in [3.05, 3.63) is 23.6 Å². The molecule has 0 aromatic carbocycles. The van der Waals surface area contributed by atoms with Crippen LogP contribution in [-0.2, 0) is 14.3 Å². The molecule has 0 radical (unpaired) electrons. The van der Waals surface area contributed by atoms with Crippen molar-refractivity contribution in [3.8, 4) is 0 Å². The zero-order valence-corrected chi connectivity index (χ0v) is 11.6. The monoisotopic (exact) mass is 266 g/mol. The Hall–Kier alpha value is -1.49. The summed E-state index contributed by atoms with van der Waals surface area (Å²) < 4.78 is 10.9. The molecule has 5 heteroatoms. The molecule has 0 unspecified atom stereocenters. The van der Waals surface area contributed by atoms with Gasteiger partial charge in [-0.2, -0.15) is 0 Å². The van der Waals surface area contributed by atoms with Crippen molar-refractivity contribution in [1.29, 1.82) is 0 Å². The van der Waals surface area contributed by atoms with Crippen molar-refractivity contribution in [3.63, 3.8) is 0 Å². The van der Waals surface area contributed by atoms with Gasteiger partial charge < -0.3 is 19.7 Å². The van der Waals surface area contributed by atoms with Gasteiger partial charge in [0.2, 0.25) is 5.88 Å². The molecule has 1 saturated heterocycles. The van der Waals surface area contributed by atoms with E-state index >= 15 is 0 Å². The van der Waals surface area contributed by atoms with Gasteiger partial charge in [0.25, 0.3) is 0 Å². The van der Waals surface area contributed by atoms with Crippen LogP contribution in [0.4, 0.5) is 0 Å². The van der Waals surface area contributed by atoms with Gasteiger partial charge >= 0.3 is 5.97 Å². The van der Waals surface area contributed by atoms with Crippen molar-refractivity contribution in [2.75, 3.05) is 33.4 Å². The molecule has 1 fully saturated rings. The van der Waals surface area contributed by atoms with Crippen LogP contribution in [0.15, 0.2) is 23.6 Å². The SMILES string of the molecule is CCOC(=O)C1=C(OC[C@H]2CCCN2)N(C)CC=C1. The zero-order valence-electron chi connectivity index (χ0n) is 11.6. The van der Waals surface area contributed by atoms with Crippen LogP contribution in [-0.4, -0.2) is 50.3 Å². The van der Waals surface area contributed by atoms with E-state index in [1.807, 2.05) is 18.0 Å². The first-order valence-electron chi connectivity index (χ1n) is 6.87. The molecule has 2 rings (SSSR count). The Bertz CT molecular complexity index is 384. The van der Waals surface area contributed by atoms with Crippen LogP contribution in [0.1, 0.15) is 19.8 Å².